The number of carbonyl (C=O) groups is 1. The van der Waals surface area contributed by atoms with Gasteiger partial charge in [0.05, 0.1) is 12.7 Å². The molecule has 1 unspecified atom stereocenters. The van der Waals surface area contributed by atoms with Gasteiger partial charge in [-0.05, 0) is 73.9 Å². The lowest BCUT2D eigenvalue weighted by Crippen LogP contribution is -2.49. The Bertz CT molecular complexity index is 1130. The van der Waals surface area contributed by atoms with Crippen molar-refractivity contribution >= 4 is 16.9 Å². The number of benzene rings is 2. The van der Waals surface area contributed by atoms with Crippen LogP contribution in [0.25, 0.3) is 10.9 Å². The van der Waals surface area contributed by atoms with Gasteiger partial charge in [0.15, 0.2) is 0 Å². The summed E-state index contributed by atoms with van der Waals surface area (Å²) in [6.07, 6.45) is 6.60. The number of carboxylic acid groups (broad SMARTS) is 1. The summed E-state index contributed by atoms with van der Waals surface area (Å²) in [5, 5.41) is 10.6. The number of ether oxygens (including phenoxy) is 1. The fourth-order valence-corrected chi connectivity index (χ4v) is 6.23. The van der Waals surface area contributed by atoms with Crippen molar-refractivity contribution in [2.45, 2.75) is 57.7 Å². The Balaban J connectivity index is 1.60. The molecule has 0 radical (unpaired) electrons. The topological polar surface area (TPSA) is 65.6 Å². The Labute approximate surface area is 183 Å². The van der Waals surface area contributed by atoms with E-state index in [0.29, 0.717) is 17.5 Å². The number of fused-ring (bicyclic) bond motifs is 3. The van der Waals surface area contributed by atoms with Crippen LogP contribution in [0.5, 0.6) is 5.75 Å². The molecule has 2 aliphatic rings. The van der Waals surface area contributed by atoms with Crippen LogP contribution in [0.15, 0.2) is 42.6 Å². The highest BCUT2D eigenvalue weighted by Crippen LogP contribution is 2.53. The van der Waals surface area contributed by atoms with E-state index >= 15 is 0 Å². The van der Waals surface area contributed by atoms with Crippen LogP contribution in [0.1, 0.15) is 59.7 Å². The van der Waals surface area contributed by atoms with Crippen molar-refractivity contribution < 1.29 is 14.6 Å². The highest BCUT2D eigenvalue weighted by Gasteiger charge is 2.51. The van der Waals surface area contributed by atoms with Crippen LogP contribution in [0, 0.1) is 12.8 Å². The van der Waals surface area contributed by atoms with Gasteiger partial charge in [-0.3, -0.25) is 4.90 Å². The average molecular weight is 419 g/mol. The molecule has 2 fully saturated rings. The maximum absolute atomic E-state index is 11.4. The summed E-state index contributed by atoms with van der Waals surface area (Å²) in [4.78, 5) is 17.4. The number of hydrogen-bond acceptors (Lipinski definition) is 3. The highest BCUT2D eigenvalue weighted by molar-refractivity contribution is 5.88. The minimum Gasteiger partial charge on any atom is -0.496 e. The minimum absolute atomic E-state index is 0.0576. The predicted molar refractivity (Wildman–Crippen MR) is 122 cm³/mol. The summed E-state index contributed by atoms with van der Waals surface area (Å²) < 4.78 is 5.83. The third-order valence-electron chi connectivity index (χ3n) is 7.57. The van der Waals surface area contributed by atoms with E-state index in [4.69, 9.17) is 4.74 Å². The third kappa shape index (κ3) is 3.14. The summed E-state index contributed by atoms with van der Waals surface area (Å²) in [6.45, 7) is 5.30. The van der Waals surface area contributed by atoms with Crippen LogP contribution in [0.2, 0.25) is 0 Å². The zero-order valence-electron chi connectivity index (χ0n) is 18.4. The first-order chi connectivity index (χ1) is 14.9. The molecule has 0 aliphatic carbocycles. The molecule has 31 heavy (non-hydrogen) atoms. The number of H-pyrrole nitrogens is 1. The standard InChI is InChI=1S/C26H30N2O3/c1-16-12-20-8-10-26(14-16,19-6-4-18(5-7-19)25(29)30)28(20)15-22-21-9-11-27-24(21)17(2)13-23(22)31-3/h4-7,9,11,13,16,20,27H,8,10,12,14-15H2,1-3H3,(H,29,30)/t16-,20-,26?/m0/s1. The summed E-state index contributed by atoms with van der Waals surface area (Å²) >= 11 is 0. The second-order valence-corrected chi connectivity index (χ2v) is 9.42. The Morgan fingerprint density at radius 1 is 1.29 bits per heavy atom. The van der Waals surface area contributed by atoms with Crippen molar-refractivity contribution in [2.24, 2.45) is 5.92 Å². The normalized spacial score (nSPS) is 25.8. The lowest BCUT2D eigenvalue weighted by molar-refractivity contribution is 0.0181. The SMILES string of the molecule is COc1cc(C)c2[nH]ccc2c1CN1[C@H]2CCC1(c1ccc(C(=O)O)cc1)C[C@@H](C)C2. The molecule has 3 aromatic rings. The van der Waals surface area contributed by atoms with Gasteiger partial charge in [-0.15, -0.1) is 0 Å². The van der Waals surface area contributed by atoms with Crippen LogP contribution in [-0.2, 0) is 12.1 Å². The Morgan fingerprint density at radius 3 is 2.77 bits per heavy atom. The first kappa shape index (κ1) is 20.1. The Morgan fingerprint density at radius 2 is 2.06 bits per heavy atom. The number of hydrogen-bond donors (Lipinski definition) is 2. The fraction of sp³-hybridized carbons (Fsp3) is 0.423. The summed E-state index contributed by atoms with van der Waals surface area (Å²) in [5.74, 6) is 0.718. The third-order valence-corrected chi connectivity index (χ3v) is 7.57. The van der Waals surface area contributed by atoms with Crippen molar-refractivity contribution in [3.63, 3.8) is 0 Å². The number of nitrogens with one attached hydrogen (secondary N) is 1. The number of rotatable bonds is 5. The van der Waals surface area contributed by atoms with Gasteiger partial charge in [-0.2, -0.15) is 0 Å². The number of carboxylic acids is 1. The molecule has 0 spiro atoms. The summed E-state index contributed by atoms with van der Waals surface area (Å²) in [5.41, 5.74) is 5.13. The first-order valence-corrected chi connectivity index (χ1v) is 11.2. The molecule has 0 amide bonds. The zero-order chi connectivity index (χ0) is 21.8. The van der Waals surface area contributed by atoms with Gasteiger partial charge in [-0.25, -0.2) is 4.79 Å². The highest BCUT2D eigenvalue weighted by atomic mass is 16.5. The van der Waals surface area contributed by atoms with E-state index < -0.39 is 5.97 Å². The molecule has 5 rings (SSSR count). The minimum atomic E-state index is -0.874. The van der Waals surface area contributed by atoms with E-state index in [2.05, 4.69) is 35.9 Å². The Kier molecular flexibility index (Phi) is 4.82. The molecule has 0 saturated carbocycles. The first-order valence-electron chi connectivity index (χ1n) is 11.2. The molecular weight excluding hydrogens is 388 g/mol. The summed E-state index contributed by atoms with van der Waals surface area (Å²) in [6, 6.07) is 12.4. The van der Waals surface area contributed by atoms with Crippen molar-refractivity contribution in [2.75, 3.05) is 7.11 Å². The van der Waals surface area contributed by atoms with Crippen molar-refractivity contribution in [3.8, 4) is 5.75 Å². The molecular formula is C26H30N2O3. The van der Waals surface area contributed by atoms with Gasteiger partial charge in [0, 0.05) is 40.8 Å². The molecule has 3 heterocycles. The molecule has 2 aliphatic heterocycles. The van der Waals surface area contributed by atoms with E-state index in [1.54, 1.807) is 19.2 Å². The molecule has 5 heteroatoms. The second kappa shape index (κ2) is 7.41. The van der Waals surface area contributed by atoms with Gasteiger partial charge < -0.3 is 14.8 Å². The van der Waals surface area contributed by atoms with Crippen molar-refractivity contribution in [1.82, 2.24) is 9.88 Å². The molecule has 2 saturated heterocycles. The van der Waals surface area contributed by atoms with Crippen molar-refractivity contribution in [3.05, 3.63) is 64.8 Å². The molecule has 2 aromatic carbocycles. The number of aromatic carboxylic acids is 1. The van der Waals surface area contributed by atoms with E-state index in [1.807, 2.05) is 18.3 Å². The molecule has 162 valence electrons. The number of aryl methyl sites for hydroxylation is 1. The lowest BCUT2D eigenvalue weighted by Gasteiger charge is -2.48. The largest absolute Gasteiger partial charge is 0.496 e. The average Bonchev–Trinajstić information content (AvgIpc) is 3.32. The van der Waals surface area contributed by atoms with Gasteiger partial charge in [0.2, 0.25) is 0 Å². The van der Waals surface area contributed by atoms with Gasteiger partial charge in [-0.1, -0.05) is 19.1 Å². The number of aromatic nitrogens is 1. The lowest BCUT2D eigenvalue weighted by atomic mass is 9.77. The zero-order valence-corrected chi connectivity index (χ0v) is 18.4. The predicted octanol–water partition coefficient (Wildman–Crippen LogP) is 5.47. The van der Waals surface area contributed by atoms with Crippen LogP contribution >= 0.6 is 0 Å². The second-order valence-electron chi connectivity index (χ2n) is 9.42. The van der Waals surface area contributed by atoms with Gasteiger partial charge in [0.25, 0.3) is 0 Å². The van der Waals surface area contributed by atoms with Crippen molar-refractivity contribution in [1.29, 1.82) is 0 Å². The summed E-state index contributed by atoms with van der Waals surface area (Å²) in [7, 11) is 1.75. The molecule has 5 nitrogen and oxygen atoms in total. The van der Waals surface area contributed by atoms with Gasteiger partial charge >= 0.3 is 5.97 Å². The molecule has 3 atom stereocenters. The van der Waals surface area contributed by atoms with Gasteiger partial charge in [0.1, 0.15) is 5.75 Å². The fourth-order valence-electron chi connectivity index (χ4n) is 6.23. The maximum Gasteiger partial charge on any atom is 0.335 e. The van der Waals surface area contributed by atoms with Crippen LogP contribution in [-0.4, -0.2) is 34.1 Å². The Hall–Kier alpha value is -2.79. The number of nitrogens with zero attached hydrogens (tertiary/aromatic N) is 1. The monoisotopic (exact) mass is 418 g/mol. The smallest absolute Gasteiger partial charge is 0.335 e. The van der Waals surface area contributed by atoms with E-state index in [1.165, 1.54) is 40.4 Å². The molecule has 2 N–H and O–H groups in total. The quantitative estimate of drug-likeness (QED) is 0.576. The number of piperidine rings is 1. The number of methoxy groups -OCH3 is 1. The molecule has 1 aromatic heterocycles. The van der Waals surface area contributed by atoms with E-state index in [-0.39, 0.29) is 5.54 Å². The number of aromatic amines is 1. The van der Waals surface area contributed by atoms with Crippen LogP contribution < -0.4 is 4.74 Å². The van der Waals surface area contributed by atoms with E-state index in [0.717, 1.165) is 25.1 Å². The maximum atomic E-state index is 11.4. The van der Waals surface area contributed by atoms with Crippen LogP contribution in [0.3, 0.4) is 0 Å². The molecule has 2 bridgehead atoms. The van der Waals surface area contributed by atoms with E-state index in [9.17, 15) is 9.90 Å². The van der Waals surface area contributed by atoms with Crippen LogP contribution in [0.4, 0.5) is 0 Å².